The molecule has 0 amide bonds. The molecule has 0 unspecified atom stereocenters. The van der Waals surface area contributed by atoms with Crippen LogP contribution in [0.5, 0.6) is 0 Å². The summed E-state index contributed by atoms with van der Waals surface area (Å²) in [6.45, 7) is 3.22. The SMILES string of the molecule is Cc1cc(C(=O)COC(=O)CCc2ccc(S(N)(=O)=O)cc2)c(C)n1-c1ccc(F)cc1. The number of nitrogens with two attached hydrogens (primary N) is 1. The Morgan fingerprint density at radius 3 is 2.25 bits per heavy atom. The fourth-order valence-corrected chi connectivity index (χ4v) is 3.94. The second-order valence-corrected chi connectivity index (χ2v) is 8.93. The first-order valence-corrected chi connectivity index (χ1v) is 11.4. The minimum absolute atomic E-state index is 0.00680. The van der Waals surface area contributed by atoms with Gasteiger partial charge in [-0.25, -0.2) is 17.9 Å². The van der Waals surface area contributed by atoms with Crippen molar-refractivity contribution < 1.29 is 27.1 Å². The number of primary sulfonamides is 1. The lowest BCUT2D eigenvalue weighted by molar-refractivity contribution is -0.142. The summed E-state index contributed by atoms with van der Waals surface area (Å²) in [5.41, 5.74) is 3.37. The molecule has 0 atom stereocenters. The van der Waals surface area contributed by atoms with Crippen LogP contribution < -0.4 is 5.14 Å². The number of sulfonamides is 1. The number of nitrogens with zero attached hydrogens (tertiary/aromatic N) is 1. The number of hydrogen-bond donors (Lipinski definition) is 1. The molecule has 1 heterocycles. The van der Waals surface area contributed by atoms with Crippen molar-refractivity contribution in [2.75, 3.05) is 6.61 Å². The van der Waals surface area contributed by atoms with E-state index in [9.17, 15) is 22.4 Å². The Hall–Kier alpha value is -3.30. The highest BCUT2D eigenvalue weighted by atomic mass is 32.2. The highest BCUT2D eigenvalue weighted by molar-refractivity contribution is 7.89. The fraction of sp³-hybridized carbons (Fsp3) is 0.217. The van der Waals surface area contributed by atoms with Crippen molar-refractivity contribution in [3.05, 3.63) is 82.9 Å². The first-order valence-electron chi connectivity index (χ1n) is 9.81. The van der Waals surface area contributed by atoms with E-state index in [1.807, 2.05) is 11.5 Å². The average molecular weight is 459 g/mol. The highest BCUT2D eigenvalue weighted by Gasteiger charge is 2.18. The molecule has 0 aliphatic carbocycles. The summed E-state index contributed by atoms with van der Waals surface area (Å²) in [6, 6.07) is 13.5. The predicted molar refractivity (Wildman–Crippen MR) is 117 cm³/mol. The third-order valence-electron chi connectivity index (χ3n) is 5.05. The maximum Gasteiger partial charge on any atom is 0.306 e. The number of esters is 1. The summed E-state index contributed by atoms with van der Waals surface area (Å²) in [7, 11) is -3.77. The second-order valence-electron chi connectivity index (χ2n) is 7.37. The summed E-state index contributed by atoms with van der Waals surface area (Å²) in [6.07, 6.45) is 0.369. The monoisotopic (exact) mass is 458 g/mol. The Kier molecular flexibility index (Phi) is 6.90. The van der Waals surface area contributed by atoms with E-state index in [4.69, 9.17) is 9.88 Å². The van der Waals surface area contributed by atoms with Gasteiger partial charge in [0.1, 0.15) is 5.82 Å². The number of aromatic nitrogens is 1. The Morgan fingerprint density at radius 2 is 1.66 bits per heavy atom. The molecular weight excluding hydrogens is 435 g/mol. The number of Topliss-reactive ketones (excluding diaryl/α,β-unsaturated/α-hetero) is 1. The van der Waals surface area contributed by atoms with Crippen molar-refractivity contribution in [1.82, 2.24) is 4.57 Å². The Labute approximate surface area is 185 Å². The first-order chi connectivity index (χ1) is 15.1. The van der Waals surface area contributed by atoms with Crippen molar-refractivity contribution in [3.8, 4) is 5.69 Å². The molecule has 1 aromatic heterocycles. The molecule has 0 bridgehead atoms. The van der Waals surface area contributed by atoms with E-state index in [0.717, 1.165) is 16.9 Å². The minimum Gasteiger partial charge on any atom is -0.457 e. The predicted octanol–water partition coefficient (Wildman–Crippen LogP) is 3.24. The lowest BCUT2D eigenvalue weighted by Gasteiger charge is -2.10. The zero-order chi connectivity index (χ0) is 23.5. The number of hydrogen-bond acceptors (Lipinski definition) is 5. The van der Waals surface area contributed by atoms with Crippen molar-refractivity contribution >= 4 is 21.8 Å². The number of aryl methyl sites for hydroxylation is 2. The number of ketones is 1. The first kappa shape index (κ1) is 23.4. The van der Waals surface area contributed by atoms with E-state index >= 15 is 0 Å². The summed E-state index contributed by atoms with van der Waals surface area (Å²) in [5, 5.41) is 5.05. The highest BCUT2D eigenvalue weighted by Crippen LogP contribution is 2.21. The number of rotatable bonds is 8. The number of carbonyl (C=O) groups excluding carboxylic acids is 2. The third-order valence-corrected chi connectivity index (χ3v) is 5.98. The van der Waals surface area contributed by atoms with Crippen molar-refractivity contribution in [3.63, 3.8) is 0 Å². The van der Waals surface area contributed by atoms with Gasteiger partial charge in [-0.15, -0.1) is 0 Å². The summed E-state index contributed by atoms with van der Waals surface area (Å²) in [5.74, 6) is -1.22. The van der Waals surface area contributed by atoms with Crippen LogP contribution in [0.4, 0.5) is 4.39 Å². The number of ether oxygens (including phenoxy) is 1. The van der Waals surface area contributed by atoms with Gasteiger partial charge in [0.15, 0.2) is 6.61 Å². The molecule has 3 aromatic rings. The zero-order valence-electron chi connectivity index (χ0n) is 17.7. The molecule has 0 saturated carbocycles. The maximum atomic E-state index is 13.2. The Balaban J connectivity index is 1.58. The van der Waals surface area contributed by atoms with Gasteiger partial charge in [-0.05, 0) is 68.3 Å². The molecule has 0 fully saturated rings. The summed E-state index contributed by atoms with van der Waals surface area (Å²) >= 11 is 0. The van der Waals surface area contributed by atoms with Crippen LogP contribution in [-0.2, 0) is 26.0 Å². The molecule has 0 radical (unpaired) electrons. The van der Waals surface area contributed by atoms with Gasteiger partial charge >= 0.3 is 5.97 Å². The van der Waals surface area contributed by atoms with E-state index in [1.165, 1.54) is 24.3 Å². The average Bonchev–Trinajstić information content (AvgIpc) is 3.05. The molecule has 2 aromatic carbocycles. The van der Waals surface area contributed by atoms with Gasteiger partial charge in [-0.2, -0.15) is 0 Å². The summed E-state index contributed by atoms with van der Waals surface area (Å²) in [4.78, 5) is 24.7. The number of benzene rings is 2. The van der Waals surface area contributed by atoms with E-state index in [2.05, 4.69) is 0 Å². The molecule has 2 N–H and O–H groups in total. The standard InChI is InChI=1S/C23H23FN2O5S/c1-15-13-21(16(2)26(15)19-8-6-18(24)7-9-19)22(27)14-31-23(28)12-5-17-3-10-20(11-4-17)32(25,29)30/h3-4,6-11,13H,5,12,14H2,1-2H3,(H2,25,29,30). The lowest BCUT2D eigenvalue weighted by Crippen LogP contribution is -2.15. The van der Waals surface area contributed by atoms with Crippen LogP contribution in [0.2, 0.25) is 0 Å². The van der Waals surface area contributed by atoms with E-state index in [0.29, 0.717) is 17.7 Å². The Bertz CT molecular complexity index is 1250. The topological polar surface area (TPSA) is 108 Å². The summed E-state index contributed by atoms with van der Waals surface area (Å²) < 4.78 is 42.7. The number of carbonyl (C=O) groups is 2. The zero-order valence-corrected chi connectivity index (χ0v) is 18.5. The molecule has 0 spiro atoms. The molecule has 0 aliphatic heterocycles. The Morgan fingerprint density at radius 1 is 1.03 bits per heavy atom. The molecule has 3 rings (SSSR count). The van der Waals surface area contributed by atoms with Gasteiger partial charge in [0.2, 0.25) is 15.8 Å². The minimum atomic E-state index is -3.77. The van der Waals surface area contributed by atoms with E-state index < -0.39 is 22.6 Å². The van der Waals surface area contributed by atoms with Crippen LogP contribution in [0.3, 0.4) is 0 Å². The fourth-order valence-electron chi connectivity index (χ4n) is 3.42. The molecule has 7 nitrogen and oxygen atoms in total. The van der Waals surface area contributed by atoms with Gasteiger partial charge in [0, 0.05) is 29.1 Å². The van der Waals surface area contributed by atoms with Gasteiger partial charge in [-0.1, -0.05) is 12.1 Å². The molecule has 0 saturated heterocycles. The van der Waals surface area contributed by atoms with E-state index in [1.54, 1.807) is 37.3 Å². The molecular formula is C23H23FN2O5S. The lowest BCUT2D eigenvalue weighted by atomic mass is 10.1. The van der Waals surface area contributed by atoms with Crippen LogP contribution in [0, 0.1) is 19.7 Å². The van der Waals surface area contributed by atoms with Gasteiger partial charge in [-0.3, -0.25) is 9.59 Å². The molecule has 168 valence electrons. The largest absolute Gasteiger partial charge is 0.457 e. The van der Waals surface area contributed by atoms with Gasteiger partial charge in [0.05, 0.1) is 4.90 Å². The molecule has 32 heavy (non-hydrogen) atoms. The quantitative estimate of drug-likeness (QED) is 0.412. The second kappa shape index (κ2) is 9.46. The van der Waals surface area contributed by atoms with Crippen molar-refractivity contribution in [2.24, 2.45) is 5.14 Å². The van der Waals surface area contributed by atoms with Crippen LogP contribution in [0.1, 0.15) is 33.7 Å². The van der Waals surface area contributed by atoms with Crippen molar-refractivity contribution in [1.29, 1.82) is 0 Å². The van der Waals surface area contributed by atoms with Crippen LogP contribution in [0.25, 0.3) is 5.69 Å². The molecule has 9 heteroatoms. The smallest absolute Gasteiger partial charge is 0.306 e. The van der Waals surface area contributed by atoms with E-state index in [-0.39, 0.29) is 22.9 Å². The van der Waals surface area contributed by atoms with Gasteiger partial charge in [0.25, 0.3) is 0 Å². The van der Waals surface area contributed by atoms with Crippen LogP contribution >= 0.6 is 0 Å². The molecule has 0 aliphatic rings. The number of halogens is 1. The normalized spacial score (nSPS) is 11.4. The van der Waals surface area contributed by atoms with Crippen LogP contribution in [0.15, 0.2) is 59.5 Å². The third kappa shape index (κ3) is 5.49. The van der Waals surface area contributed by atoms with Gasteiger partial charge < -0.3 is 9.30 Å². The maximum absolute atomic E-state index is 13.2. The van der Waals surface area contributed by atoms with Crippen molar-refractivity contribution in [2.45, 2.75) is 31.6 Å². The van der Waals surface area contributed by atoms with Crippen LogP contribution in [-0.4, -0.2) is 31.3 Å².